The highest BCUT2D eigenvalue weighted by atomic mass is 13.4. The van der Waals surface area contributed by atoms with Gasteiger partial charge in [0, 0.05) is 0 Å². The van der Waals surface area contributed by atoms with Crippen LogP contribution in [0.25, 0.3) is 0 Å². The number of hydrogen-bond acceptors (Lipinski definition) is 0. The van der Waals surface area contributed by atoms with Gasteiger partial charge in [-0.1, -0.05) is 19.6 Å². The van der Waals surface area contributed by atoms with Crippen LogP contribution in [0.3, 0.4) is 0 Å². The molecule has 0 heterocycles. The molecule has 0 nitrogen and oxygen atoms in total. The smallest absolute Gasteiger partial charge is 0.0470 e. The largest absolute Gasteiger partial charge is 0.0919 e. The lowest BCUT2D eigenvalue weighted by molar-refractivity contribution is 1.64. The minimum atomic E-state index is 0. The van der Waals surface area contributed by atoms with Gasteiger partial charge in [-0.2, -0.15) is 0 Å². The molecule has 0 aliphatic heterocycles. The summed E-state index contributed by atoms with van der Waals surface area (Å²) in [6.45, 7) is 4.00. The Bertz CT molecular complexity index is 15.2. The first kappa shape index (κ1) is 8.83. The van der Waals surface area contributed by atoms with Crippen molar-refractivity contribution in [2.45, 2.75) is 21.3 Å². The predicted octanol–water partition coefficient (Wildman–Crippen LogP) is 2.22. The molecular formula is C5H12. The van der Waals surface area contributed by atoms with E-state index in [0.29, 0.717) is 0 Å². The van der Waals surface area contributed by atoms with Gasteiger partial charge in [0.25, 0.3) is 0 Å². The standard InChI is InChI=1S/C4H8.CH4/c1-3-4-2;/h3-4H,1-2H3;1H4/b4-3+;. The average molecular weight is 72.2 g/mol. The Hall–Kier alpha value is -0.260. The summed E-state index contributed by atoms with van der Waals surface area (Å²) in [6, 6.07) is 0. The summed E-state index contributed by atoms with van der Waals surface area (Å²) in [6.07, 6.45) is 4.00. The van der Waals surface area contributed by atoms with Crippen molar-refractivity contribution in [1.29, 1.82) is 0 Å². The Morgan fingerprint density at radius 1 is 1.00 bits per heavy atom. The van der Waals surface area contributed by atoms with Gasteiger partial charge < -0.3 is 0 Å². The maximum Gasteiger partial charge on any atom is -0.0470 e. The van der Waals surface area contributed by atoms with Crippen LogP contribution in [0.1, 0.15) is 21.3 Å². The molecule has 0 aliphatic carbocycles. The van der Waals surface area contributed by atoms with Gasteiger partial charge in [-0.05, 0) is 13.8 Å². The van der Waals surface area contributed by atoms with Crippen molar-refractivity contribution >= 4 is 0 Å². The van der Waals surface area contributed by atoms with Crippen LogP contribution in [0.5, 0.6) is 0 Å². The summed E-state index contributed by atoms with van der Waals surface area (Å²) in [4.78, 5) is 0. The molecule has 0 bridgehead atoms. The van der Waals surface area contributed by atoms with Crippen LogP contribution < -0.4 is 0 Å². The van der Waals surface area contributed by atoms with Gasteiger partial charge in [-0.3, -0.25) is 0 Å². The van der Waals surface area contributed by atoms with Crippen molar-refractivity contribution in [3.05, 3.63) is 12.2 Å². The lowest BCUT2D eigenvalue weighted by Crippen LogP contribution is -1.26. The third-order valence-electron chi connectivity index (χ3n) is 0.333. The number of hydrogen-bond donors (Lipinski definition) is 0. The van der Waals surface area contributed by atoms with Crippen molar-refractivity contribution < 1.29 is 0 Å². The molecule has 0 N–H and O–H groups in total. The van der Waals surface area contributed by atoms with E-state index in [4.69, 9.17) is 0 Å². The molecule has 0 spiro atoms. The fourth-order valence-electron chi connectivity index (χ4n) is 0. The Labute approximate surface area is 34.5 Å². The zero-order valence-corrected chi connectivity index (χ0v) is 3.15. The first-order chi connectivity index (χ1) is 1.91. The van der Waals surface area contributed by atoms with E-state index in [2.05, 4.69) is 0 Å². The van der Waals surface area contributed by atoms with Crippen molar-refractivity contribution in [3.63, 3.8) is 0 Å². The van der Waals surface area contributed by atoms with Crippen LogP contribution >= 0.6 is 0 Å². The quantitative estimate of drug-likeness (QED) is 0.385. The Morgan fingerprint density at radius 2 is 1.20 bits per heavy atom. The SMILES string of the molecule is C.C/C=C/C. The summed E-state index contributed by atoms with van der Waals surface area (Å²) in [5, 5.41) is 0. The minimum Gasteiger partial charge on any atom is -0.0919 e. The van der Waals surface area contributed by atoms with E-state index in [1.54, 1.807) is 0 Å². The molecule has 0 amide bonds. The maximum absolute atomic E-state index is 2.00. The molecule has 0 atom stereocenters. The van der Waals surface area contributed by atoms with Crippen LogP contribution in [-0.2, 0) is 0 Å². The van der Waals surface area contributed by atoms with E-state index in [0.717, 1.165) is 0 Å². The molecule has 5 heavy (non-hydrogen) atoms. The average Bonchev–Trinajstić information content (AvgIpc) is 1.37. The fourth-order valence-corrected chi connectivity index (χ4v) is 0. The van der Waals surface area contributed by atoms with Crippen molar-refractivity contribution in [1.82, 2.24) is 0 Å². The highest BCUT2D eigenvalue weighted by Gasteiger charge is 1.34. The maximum atomic E-state index is 2.00. The minimum absolute atomic E-state index is 0. The summed E-state index contributed by atoms with van der Waals surface area (Å²) in [7, 11) is 0. The molecule has 0 saturated heterocycles. The second-order valence-electron chi connectivity index (χ2n) is 0.667. The van der Waals surface area contributed by atoms with Crippen LogP contribution in [0.4, 0.5) is 0 Å². The van der Waals surface area contributed by atoms with Gasteiger partial charge >= 0.3 is 0 Å². The molecule has 0 saturated carbocycles. The second kappa shape index (κ2) is 9.27. The zero-order chi connectivity index (χ0) is 3.41. The van der Waals surface area contributed by atoms with Gasteiger partial charge in [-0.25, -0.2) is 0 Å². The number of allylic oxidation sites excluding steroid dienone is 2. The molecule has 0 unspecified atom stereocenters. The lowest BCUT2D eigenvalue weighted by atomic mass is 10.6. The molecule has 32 valence electrons. The molecular weight excluding hydrogens is 60.1 g/mol. The molecule has 0 heteroatoms. The predicted molar refractivity (Wildman–Crippen MR) is 27.2 cm³/mol. The van der Waals surface area contributed by atoms with Crippen LogP contribution in [0, 0.1) is 0 Å². The molecule has 0 aromatic heterocycles. The van der Waals surface area contributed by atoms with Crippen LogP contribution in [0.2, 0.25) is 0 Å². The third-order valence-corrected chi connectivity index (χ3v) is 0.333. The molecule has 0 aromatic carbocycles. The monoisotopic (exact) mass is 72.1 g/mol. The van der Waals surface area contributed by atoms with E-state index in [1.165, 1.54) is 0 Å². The molecule has 0 rings (SSSR count). The fraction of sp³-hybridized carbons (Fsp3) is 0.600. The molecule has 0 aromatic rings. The van der Waals surface area contributed by atoms with Gasteiger partial charge in [0.05, 0.1) is 0 Å². The first-order valence-electron chi connectivity index (χ1n) is 1.49. The third kappa shape index (κ3) is 20.7. The Kier molecular flexibility index (Phi) is 16.4. The van der Waals surface area contributed by atoms with Crippen LogP contribution in [0.15, 0.2) is 12.2 Å². The van der Waals surface area contributed by atoms with Gasteiger partial charge in [0.15, 0.2) is 0 Å². The summed E-state index contributed by atoms with van der Waals surface area (Å²) >= 11 is 0. The zero-order valence-electron chi connectivity index (χ0n) is 3.15. The lowest BCUT2D eigenvalue weighted by Gasteiger charge is -1.49. The van der Waals surface area contributed by atoms with Crippen molar-refractivity contribution in [2.24, 2.45) is 0 Å². The van der Waals surface area contributed by atoms with E-state index in [-0.39, 0.29) is 7.43 Å². The highest BCUT2D eigenvalue weighted by Crippen LogP contribution is 1.57. The van der Waals surface area contributed by atoms with Gasteiger partial charge in [0.1, 0.15) is 0 Å². The van der Waals surface area contributed by atoms with E-state index >= 15 is 0 Å². The van der Waals surface area contributed by atoms with Crippen molar-refractivity contribution in [2.75, 3.05) is 0 Å². The van der Waals surface area contributed by atoms with E-state index < -0.39 is 0 Å². The Balaban J connectivity index is 0. The van der Waals surface area contributed by atoms with Crippen LogP contribution in [-0.4, -0.2) is 0 Å². The second-order valence-corrected chi connectivity index (χ2v) is 0.667. The van der Waals surface area contributed by atoms with E-state index in [1.807, 2.05) is 26.0 Å². The Morgan fingerprint density at radius 3 is 1.20 bits per heavy atom. The van der Waals surface area contributed by atoms with E-state index in [9.17, 15) is 0 Å². The summed E-state index contributed by atoms with van der Waals surface area (Å²) in [5.74, 6) is 0. The van der Waals surface area contributed by atoms with Crippen molar-refractivity contribution in [3.8, 4) is 0 Å². The molecule has 0 aliphatic rings. The highest BCUT2D eigenvalue weighted by molar-refractivity contribution is 4.68. The number of rotatable bonds is 0. The molecule has 0 radical (unpaired) electrons. The summed E-state index contributed by atoms with van der Waals surface area (Å²) < 4.78 is 0. The summed E-state index contributed by atoms with van der Waals surface area (Å²) in [5.41, 5.74) is 0. The first-order valence-corrected chi connectivity index (χ1v) is 1.49. The van der Waals surface area contributed by atoms with Gasteiger partial charge in [0.2, 0.25) is 0 Å². The molecule has 0 fully saturated rings. The van der Waals surface area contributed by atoms with Gasteiger partial charge in [-0.15, -0.1) is 0 Å². The normalized spacial score (nSPS) is 7.60. The topological polar surface area (TPSA) is 0 Å².